The second-order valence-corrected chi connectivity index (χ2v) is 11.7. The minimum absolute atomic E-state index is 0.0809. The highest BCUT2D eigenvalue weighted by Crippen LogP contribution is 2.22. The van der Waals surface area contributed by atoms with Crippen molar-refractivity contribution in [1.29, 1.82) is 0 Å². The molecule has 3 rings (SSSR count). The summed E-state index contributed by atoms with van der Waals surface area (Å²) in [5.74, 6) is 1.05. The number of amides is 1. The summed E-state index contributed by atoms with van der Waals surface area (Å²) in [4.78, 5) is 17.6. The molecule has 0 saturated heterocycles. The first kappa shape index (κ1) is 31.9. The number of aryl methyl sites for hydroxylation is 2. The average Bonchev–Trinajstić information content (AvgIpc) is 3.35. The molecule has 4 nitrogen and oxygen atoms in total. The largest absolute Gasteiger partial charge is 0.346 e. The molecule has 1 heterocycles. The summed E-state index contributed by atoms with van der Waals surface area (Å²) in [6, 6.07) is 18.5. The number of nitrogens with one attached hydrogen (secondary N) is 1. The van der Waals surface area contributed by atoms with Crippen LogP contribution in [0.1, 0.15) is 140 Å². The number of unbranched alkanes of at least 4 members (excludes halogenated alkanes) is 15. The second kappa shape index (κ2) is 19.5. The lowest BCUT2D eigenvalue weighted by molar-refractivity contribution is -0.121. The monoisotopic (exact) mass is 545 g/mol. The highest BCUT2D eigenvalue weighted by Gasteiger charge is 2.18. The Kier molecular flexibility index (Phi) is 15.5. The van der Waals surface area contributed by atoms with Crippen LogP contribution < -0.4 is 5.32 Å². The summed E-state index contributed by atoms with van der Waals surface area (Å²) in [6.45, 7) is 5.31. The number of carbonyl (C=O) groups excluding carboxylic acids is 1. The van der Waals surface area contributed by atoms with E-state index in [4.69, 9.17) is 4.98 Å². The standard InChI is InChI=1S/C36H55N3O/c1-3-4-5-6-7-8-9-10-11-12-13-14-15-16-17-23-30-39-34-27-22-21-26-33(34)38-36(39)31(2)37-35(40)29-28-32-24-19-18-20-25-32/h18-22,24-27,31H,3-17,23,28-30H2,1-2H3,(H,37,40). The minimum Gasteiger partial charge on any atom is -0.346 e. The van der Waals surface area contributed by atoms with Crippen LogP contribution in [0, 0.1) is 0 Å². The first-order chi connectivity index (χ1) is 19.7. The fourth-order valence-electron chi connectivity index (χ4n) is 5.76. The van der Waals surface area contributed by atoms with Gasteiger partial charge in [-0.1, -0.05) is 146 Å². The smallest absolute Gasteiger partial charge is 0.220 e. The number of hydrogen-bond acceptors (Lipinski definition) is 2. The van der Waals surface area contributed by atoms with Crippen molar-refractivity contribution >= 4 is 16.9 Å². The van der Waals surface area contributed by atoms with Gasteiger partial charge in [0.15, 0.2) is 0 Å². The molecule has 4 heteroatoms. The molecule has 0 spiro atoms. The molecule has 0 aliphatic carbocycles. The van der Waals surface area contributed by atoms with Gasteiger partial charge in [-0.3, -0.25) is 4.79 Å². The van der Waals surface area contributed by atoms with Gasteiger partial charge in [0.2, 0.25) is 5.91 Å². The molecule has 1 atom stereocenters. The van der Waals surface area contributed by atoms with Gasteiger partial charge in [-0.25, -0.2) is 4.98 Å². The number of carbonyl (C=O) groups is 1. The van der Waals surface area contributed by atoms with Crippen molar-refractivity contribution in [1.82, 2.24) is 14.9 Å². The fraction of sp³-hybridized carbons (Fsp3) is 0.611. The van der Waals surface area contributed by atoms with E-state index in [9.17, 15) is 4.79 Å². The zero-order valence-electron chi connectivity index (χ0n) is 25.5. The van der Waals surface area contributed by atoms with E-state index < -0.39 is 0 Å². The van der Waals surface area contributed by atoms with Gasteiger partial charge in [-0.15, -0.1) is 0 Å². The molecular formula is C36H55N3O. The Balaban J connectivity index is 1.31. The van der Waals surface area contributed by atoms with Crippen molar-refractivity contribution in [3.05, 3.63) is 66.0 Å². The van der Waals surface area contributed by atoms with Crippen LogP contribution >= 0.6 is 0 Å². The number of nitrogens with zero attached hydrogens (tertiary/aromatic N) is 2. The van der Waals surface area contributed by atoms with Crippen LogP contribution in [0.25, 0.3) is 11.0 Å². The van der Waals surface area contributed by atoms with Crippen LogP contribution in [0.4, 0.5) is 0 Å². The van der Waals surface area contributed by atoms with Crippen molar-refractivity contribution in [3.8, 4) is 0 Å². The van der Waals surface area contributed by atoms with E-state index in [1.54, 1.807) is 0 Å². The molecular weight excluding hydrogens is 490 g/mol. The molecule has 0 aliphatic heterocycles. The van der Waals surface area contributed by atoms with Gasteiger partial charge in [0.05, 0.1) is 17.1 Å². The lowest BCUT2D eigenvalue weighted by Crippen LogP contribution is -2.29. The van der Waals surface area contributed by atoms with Crippen LogP contribution in [-0.2, 0) is 17.8 Å². The van der Waals surface area contributed by atoms with Gasteiger partial charge in [0.1, 0.15) is 5.82 Å². The van der Waals surface area contributed by atoms with Crippen LogP contribution in [0.5, 0.6) is 0 Å². The maximum absolute atomic E-state index is 12.7. The summed E-state index contributed by atoms with van der Waals surface area (Å²) in [6.07, 6.45) is 23.3. The van der Waals surface area contributed by atoms with Crippen LogP contribution in [0.3, 0.4) is 0 Å². The Morgan fingerprint density at radius 1 is 0.725 bits per heavy atom. The molecule has 1 unspecified atom stereocenters. The Labute approximate surface area is 244 Å². The van der Waals surface area contributed by atoms with E-state index in [1.165, 1.54) is 107 Å². The summed E-state index contributed by atoms with van der Waals surface area (Å²) >= 11 is 0. The molecule has 0 bridgehead atoms. The van der Waals surface area contributed by atoms with E-state index in [0.717, 1.165) is 30.7 Å². The van der Waals surface area contributed by atoms with E-state index in [2.05, 4.69) is 54.1 Å². The number of rotatable bonds is 22. The zero-order chi connectivity index (χ0) is 28.3. The molecule has 0 radical (unpaired) electrons. The highest BCUT2D eigenvalue weighted by molar-refractivity contribution is 5.78. The SMILES string of the molecule is CCCCCCCCCCCCCCCCCCn1c(C(C)NC(=O)CCc2ccccc2)nc2ccccc21. The molecule has 2 aromatic carbocycles. The number of aromatic nitrogens is 2. The van der Waals surface area contributed by atoms with Gasteiger partial charge in [-0.2, -0.15) is 0 Å². The fourth-order valence-corrected chi connectivity index (χ4v) is 5.76. The number of para-hydroxylation sites is 2. The normalized spacial score (nSPS) is 12.2. The quantitative estimate of drug-likeness (QED) is 0.128. The van der Waals surface area contributed by atoms with Crippen LogP contribution in [0.2, 0.25) is 0 Å². The predicted octanol–water partition coefficient (Wildman–Crippen LogP) is 10.1. The van der Waals surface area contributed by atoms with Crippen LogP contribution in [-0.4, -0.2) is 15.5 Å². The molecule has 220 valence electrons. The Bertz CT molecular complexity index is 1070. The minimum atomic E-state index is -0.114. The Morgan fingerprint density at radius 3 is 1.85 bits per heavy atom. The predicted molar refractivity (Wildman–Crippen MR) is 171 cm³/mol. The lowest BCUT2D eigenvalue weighted by Gasteiger charge is -2.16. The first-order valence-electron chi connectivity index (χ1n) is 16.5. The van der Waals surface area contributed by atoms with E-state index in [0.29, 0.717) is 6.42 Å². The summed E-state index contributed by atoms with van der Waals surface area (Å²) in [5, 5.41) is 3.20. The molecule has 40 heavy (non-hydrogen) atoms. The Hall–Kier alpha value is -2.62. The van der Waals surface area contributed by atoms with Crippen molar-refractivity contribution < 1.29 is 4.79 Å². The maximum atomic E-state index is 12.7. The van der Waals surface area contributed by atoms with E-state index in [1.807, 2.05) is 24.3 Å². The third kappa shape index (κ3) is 11.9. The van der Waals surface area contributed by atoms with Gasteiger partial charge in [0, 0.05) is 13.0 Å². The molecule has 0 aliphatic rings. The third-order valence-electron chi connectivity index (χ3n) is 8.17. The summed E-state index contributed by atoms with van der Waals surface area (Å²) in [7, 11) is 0. The first-order valence-corrected chi connectivity index (χ1v) is 16.5. The molecule has 1 amide bonds. The van der Waals surface area contributed by atoms with Crippen molar-refractivity contribution in [3.63, 3.8) is 0 Å². The lowest BCUT2D eigenvalue weighted by atomic mass is 10.0. The van der Waals surface area contributed by atoms with E-state index in [-0.39, 0.29) is 11.9 Å². The molecule has 1 aromatic heterocycles. The third-order valence-corrected chi connectivity index (χ3v) is 8.17. The number of imidazole rings is 1. The van der Waals surface area contributed by atoms with Crippen molar-refractivity contribution in [2.24, 2.45) is 0 Å². The number of benzene rings is 2. The molecule has 0 fully saturated rings. The Morgan fingerprint density at radius 2 is 1.25 bits per heavy atom. The number of hydrogen-bond donors (Lipinski definition) is 1. The molecule has 0 saturated carbocycles. The van der Waals surface area contributed by atoms with E-state index >= 15 is 0 Å². The average molecular weight is 546 g/mol. The zero-order valence-corrected chi connectivity index (χ0v) is 25.5. The highest BCUT2D eigenvalue weighted by atomic mass is 16.1. The summed E-state index contributed by atoms with van der Waals surface area (Å²) < 4.78 is 2.33. The van der Waals surface area contributed by atoms with Gasteiger partial charge in [0.25, 0.3) is 0 Å². The summed E-state index contributed by atoms with van der Waals surface area (Å²) in [5.41, 5.74) is 3.38. The van der Waals surface area contributed by atoms with Gasteiger partial charge < -0.3 is 9.88 Å². The topological polar surface area (TPSA) is 46.9 Å². The van der Waals surface area contributed by atoms with Crippen molar-refractivity contribution in [2.75, 3.05) is 0 Å². The van der Waals surface area contributed by atoms with Gasteiger partial charge in [-0.05, 0) is 37.5 Å². The van der Waals surface area contributed by atoms with Gasteiger partial charge >= 0.3 is 0 Å². The maximum Gasteiger partial charge on any atom is 0.220 e. The molecule has 1 N–H and O–H groups in total. The number of fused-ring (bicyclic) bond motifs is 1. The molecule has 3 aromatic rings. The van der Waals surface area contributed by atoms with Crippen LogP contribution in [0.15, 0.2) is 54.6 Å². The van der Waals surface area contributed by atoms with Crippen molar-refractivity contribution in [2.45, 2.75) is 142 Å². The second-order valence-electron chi connectivity index (χ2n) is 11.7.